The fourth-order valence-corrected chi connectivity index (χ4v) is 1.65. The Labute approximate surface area is 125 Å². The smallest absolute Gasteiger partial charge is 0.339 e. The first-order valence-electron chi connectivity index (χ1n) is 6.16. The van der Waals surface area contributed by atoms with Gasteiger partial charge in [0.25, 0.3) is 0 Å². The Balaban J connectivity index is 2.11. The molecule has 0 saturated heterocycles. The Kier molecular flexibility index (Phi) is 4.38. The van der Waals surface area contributed by atoms with Crippen LogP contribution in [-0.2, 0) is 4.79 Å². The molecule has 1 aromatic heterocycles. The standard InChI is InChI=1S/C15H12N2O5/c18-11-5-3-9(8-12(11)19)4-6-13(20)17-14-10(15(21)22)2-1-7-16-14/h1-8,18-19H,(H,21,22)(H,16,17,20). The van der Waals surface area contributed by atoms with Crippen LogP contribution in [0.2, 0.25) is 0 Å². The van der Waals surface area contributed by atoms with Crippen molar-refractivity contribution < 1.29 is 24.9 Å². The number of phenols is 2. The van der Waals surface area contributed by atoms with E-state index in [0.717, 1.165) is 6.08 Å². The largest absolute Gasteiger partial charge is 0.504 e. The lowest BCUT2D eigenvalue weighted by Gasteiger charge is -2.04. The number of carbonyl (C=O) groups is 2. The summed E-state index contributed by atoms with van der Waals surface area (Å²) >= 11 is 0. The zero-order chi connectivity index (χ0) is 16.1. The van der Waals surface area contributed by atoms with Crippen molar-refractivity contribution in [1.82, 2.24) is 4.98 Å². The number of phenolic OH excluding ortho intramolecular Hbond substituents is 2. The van der Waals surface area contributed by atoms with Crippen LogP contribution >= 0.6 is 0 Å². The number of carboxylic acid groups (broad SMARTS) is 1. The fraction of sp³-hybridized carbons (Fsp3) is 0. The number of aromatic nitrogens is 1. The van der Waals surface area contributed by atoms with Gasteiger partial charge in [-0.05, 0) is 35.9 Å². The van der Waals surface area contributed by atoms with Crippen molar-refractivity contribution in [2.45, 2.75) is 0 Å². The Morgan fingerprint density at radius 3 is 2.59 bits per heavy atom. The maximum Gasteiger partial charge on any atom is 0.339 e. The van der Waals surface area contributed by atoms with Gasteiger partial charge in [0.05, 0.1) is 0 Å². The quantitative estimate of drug-likeness (QED) is 0.505. The molecule has 0 unspecified atom stereocenters. The molecule has 22 heavy (non-hydrogen) atoms. The number of hydrogen-bond acceptors (Lipinski definition) is 5. The molecular formula is C15H12N2O5. The van der Waals surface area contributed by atoms with E-state index in [9.17, 15) is 19.8 Å². The van der Waals surface area contributed by atoms with Gasteiger partial charge in [-0.25, -0.2) is 9.78 Å². The Morgan fingerprint density at radius 1 is 1.14 bits per heavy atom. The topological polar surface area (TPSA) is 120 Å². The molecule has 0 atom stereocenters. The number of amides is 1. The number of rotatable bonds is 4. The summed E-state index contributed by atoms with van der Waals surface area (Å²) in [5.41, 5.74) is 0.372. The molecule has 1 aromatic carbocycles. The van der Waals surface area contributed by atoms with E-state index in [1.807, 2.05) is 0 Å². The van der Waals surface area contributed by atoms with E-state index in [4.69, 9.17) is 5.11 Å². The van der Waals surface area contributed by atoms with Crippen molar-refractivity contribution in [3.8, 4) is 11.5 Å². The summed E-state index contributed by atoms with van der Waals surface area (Å²) in [6.07, 6.45) is 3.92. The molecule has 4 N–H and O–H groups in total. The highest BCUT2D eigenvalue weighted by molar-refractivity contribution is 6.05. The monoisotopic (exact) mass is 300 g/mol. The third-order valence-electron chi connectivity index (χ3n) is 2.71. The number of aromatic hydroxyl groups is 2. The summed E-state index contributed by atoms with van der Waals surface area (Å²) in [5, 5.41) is 29.9. The average Bonchev–Trinajstić information content (AvgIpc) is 2.49. The Hall–Kier alpha value is -3.35. The van der Waals surface area contributed by atoms with Crippen molar-refractivity contribution in [2.75, 3.05) is 5.32 Å². The highest BCUT2D eigenvalue weighted by Gasteiger charge is 2.11. The molecule has 0 spiro atoms. The molecule has 0 bridgehead atoms. The first-order valence-corrected chi connectivity index (χ1v) is 6.16. The highest BCUT2D eigenvalue weighted by Crippen LogP contribution is 2.25. The van der Waals surface area contributed by atoms with Gasteiger partial charge in [-0.1, -0.05) is 6.07 Å². The van der Waals surface area contributed by atoms with Crippen molar-refractivity contribution in [3.05, 3.63) is 53.7 Å². The minimum absolute atomic E-state index is 0.0572. The number of benzene rings is 1. The van der Waals surface area contributed by atoms with Crippen LogP contribution in [0, 0.1) is 0 Å². The van der Waals surface area contributed by atoms with Gasteiger partial charge in [0, 0.05) is 12.3 Å². The Bertz CT molecular complexity index is 755. The second kappa shape index (κ2) is 6.40. The lowest BCUT2D eigenvalue weighted by atomic mass is 10.2. The number of pyridine rings is 1. The molecule has 0 aliphatic heterocycles. The summed E-state index contributed by atoms with van der Waals surface area (Å²) in [7, 11) is 0. The summed E-state index contributed by atoms with van der Waals surface area (Å²) in [6.45, 7) is 0. The molecule has 0 radical (unpaired) electrons. The van der Waals surface area contributed by atoms with Gasteiger partial charge in [-0.15, -0.1) is 0 Å². The maximum absolute atomic E-state index is 11.8. The molecule has 2 aromatic rings. The molecule has 112 valence electrons. The zero-order valence-corrected chi connectivity index (χ0v) is 11.2. The number of nitrogens with one attached hydrogen (secondary N) is 1. The second-order valence-corrected chi connectivity index (χ2v) is 4.28. The summed E-state index contributed by atoms with van der Waals surface area (Å²) in [5.74, 6) is -2.40. The van der Waals surface area contributed by atoms with Crippen LogP contribution in [0.15, 0.2) is 42.6 Å². The lowest BCUT2D eigenvalue weighted by molar-refractivity contribution is -0.111. The van der Waals surface area contributed by atoms with E-state index in [1.165, 1.54) is 42.6 Å². The summed E-state index contributed by atoms with van der Waals surface area (Å²) < 4.78 is 0. The number of anilines is 1. The number of hydrogen-bond donors (Lipinski definition) is 4. The molecular weight excluding hydrogens is 288 g/mol. The zero-order valence-electron chi connectivity index (χ0n) is 11.2. The molecule has 7 nitrogen and oxygen atoms in total. The van der Waals surface area contributed by atoms with E-state index in [1.54, 1.807) is 0 Å². The fourth-order valence-electron chi connectivity index (χ4n) is 1.65. The normalized spacial score (nSPS) is 10.5. The molecule has 1 amide bonds. The van der Waals surface area contributed by atoms with Crippen LogP contribution in [0.5, 0.6) is 11.5 Å². The maximum atomic E-state index is 11.8. The van der Waals surface area contributed by atoms with Gasteiger partial charge in [0.1, 0.15) is 11.4 Å². The summed E-state index contributed by atoms with van der Waals surface area (Å²) in [4.78, 5) is 26.6. The molecule has 0 saturated carbocycles. The molecule has 1 heterocycles. The number of nitrogens with zero attached hydrogens (tertiary/aromatic N) is 1. The van der Waals surface area contributed by atoms with Crippen LogP contribution in [0.1, 0.15) is 15.9 Å². The average molecular weight is 300 g/mol. The van der Waals surface area contributed by atoms with E-state index in [2.05, 4.69) is 10.3 Å². The van der Waals surface area contributed by atoms with Crippen LogP contribution in [0.4, 0.5) is 5.82 Å². The molecule has 0 aliphatic carbocycles. The van der Waals surface area contributed by atoms with Gasteiger partial charge < -0.3 is 20.6 Å². The molecule has 2 rings (SSSR count). The number of carbonyl (C=O) groups excluding carboxylic acids is 1. The van der Waals surface area contributed by atoms with Gasteiger partial charge in [-0.3, -0.25) is 4.79 Å². The lowest BCUT2D eigenvalue weighted by Crippen LogP contribution is -2.13. The number of carboxylic acids is 1. The highest BCUT2D eigenvalue weighted by atomic mass is 16.4. The first kappa shape index (κ1) is 15.0. The minimum atomic E-state index is -1.20. The van der Waals surface area contributed by atoms with Gasteiger partial charge in [0.2, 0.25) is 5.91 Å². The van der Waals surface area contributed by atoms with Gasteiger partial charge >= 0.3 is 5.97 Å². The molecule has 7 heteroatoms. The second-order valence-electron chi connectivity index (χ2n) is 4.28. The van der Waals surface area contributed by atoms with Gasteiger partial charge in [0.15, 0.2) is 11.5 Å². The first-order chi connectivity index (χ1) is 10.5. The van der Waals surface area contributed by atoms with Crippen molar-refractivity contribution in [1.29, 1.82) is 0 Å². The van der Waals surface area contributed by atoms with Crippen LogP contribution in [-0.4, -0.2) is 32.2 Å². The van der Waals surface area contributed by atoms with E-state index < -0.39 is 11.9 Å². The predicted molar refractivity (Wildman–Crippen MR) is 78.6 cm³/mol. The third-order valence-corrected chi connectivity index (χ3v) is 2.71. The van der Waals surface area contributed by atoms with Crippen molar-refractivity contribution in [2.24, 2.45) is 0 Å². The Morgan fingerprint density at radius 2 is 1.91 bits per heavy atom. The minimum Gasteiger partial charge on any atom is -0.504 e. The molecule has 0 aliphatic rings. The van der Waals surface area contributed by atoms with E-state index in [-0.39, 0.29) is 22.9 Å². The SMILES string of the molecule is O=C(C=Cc1ccc(O)c(O)c1)Nc1ncccc1C(=O)O. The van der Waals surface area contributed by atoms with Crippen LogP contribution in [0.25, 0.3) is 6.08 Å². The molecule has 0 fully saturated rings. The predicted octanol–water partition coefficient (Wildman–Crippen LogP) is 1.84. The third kappa shape index (κ3) is 3.60. The van der Waals surface area contributed by atoms with E-state index in [0.29, 0.717) is 5.56 Å². The van der Waals surface area contributed by atoms with Crippen molar-refractivity contribution in [3.63, 3.8) is 0 Å². The van der Waals surface area contributed by atoms with Crippen molar-refractivity contribution >= 4 is 23.8 Å². The number of aromatic carboxylic acids is 1. The summed E-state index contributed by atoms with van der Waals surface area (Å²) in [6, 6.07) is 6.85. The van der Waals surface area contributed by atoms with Gasteiger partial charge in [-0.2, -0.15) is 0 Å². The van der Waals surface area contributed by atoms with Crippen LogP contribution in [0.3, 0.4) is 0 Å². The van der Waals surface area contributed by atoms with E-state index >= 15 is 0 Å². The van der Waals surface area contributed by atoms with Crippen LogP contribution < -0.4 is 5.32 Å².